The molecule has 1 aromatic carbocycles. The number of rotatable bonds is 6. The molecule has 0 aliphatic carbocycles. The number of quaternary nitrogens is 3. The summed E-state index contributed by atoms with van der Waals surface area (Å²) in [6.45, 7) is 6.93. The Labute approximate surface area is 211 Å². The molecule has 1 aromatic heterocycles. The number of carbonyl (C=O) groups excluding carboxylic acids is 1. The number of nitrogens with two attached hydrogens (primary N) is 3. The number of hydrogen-bond acceptors (Lipinski definition) is 2. The highest BCUT2D eigenvalue weighted by atomic mass is 35.5. The molecule has 6 nitrogen and oxygen atoms in total. The predicted molar refractivity (Wildman–Crippen MR) is 134 cm³/mol. The first-order valence-corrected chi connectivity index (χ1v) is 14.4. The molecule has 0 bridgehead atoms. The Morgan fingerprint density at radius 3 is 2.85 bits per heavy atom. The molecule has 1 unspecified atom stereocenters. The molecule has 4 heterocycles. The third kappa shape index (κ3) is 4.20. The quantitative estimate of drug-likeness (QED) is 0.472. The van der Waals surface area contributed by atoms with Crippen molar-refractivity contribution in [2.75, 3.05) is 39.1 Å². The van der Waals surface area contributed by atoms with Crippen LogP contribution in [0.2, 0.25) is 0 Å². The van der Waals surface area contributed by atoms with Gasteiger partial charge in [-0.25, -0.2) is 0 Å². The van der Waals surface area contributed by atoms with E-state index < -0.39 is 0 Å². The SMILES string of the molecule is CC[C@H](CCl)C1C[C@H](c2ccccc2)CCN1C(=O)[C@@H]1C[NH2+]C[C@]12C[NH2+]Cc1[nH+]c([NH2+]C)sc12. The number of halogens is 1. The van der Waals surface area contributed by atoms with Crippen molar-refractivity contribution in [1.29, 1.82) is 0 Å². The Morgan fingerprint density at radius 2 is 2.12 bits per heavy atom. The zero-order valence-electron chi connectivity index (χ0n) is 20.4. The molecule has 8 heteroatoms. The molecule has 34 heavy (non-hydrogen) atoms. The first-order valence-electron chi connectivity index (χ1n) is 13.0. The molecule has 0 radical (unpaired) electrons. The lowest BCUT2D eigenvalue weighted by Gasteiger charge is -2.45. The van der Waals surface area contributed by atoms with Crippen molar-refractivity contribution in [2.45, 2.75) is 50.1 Å². The van der Waals surface area contributed by atoms with Gasteiger partial charge in [0.05, 0.1) is 26.7 Å². The van der Waals surface area contributed by atoms with Crippen molar-refractivity contribution in [3.63, 3.8) is 0 Å². The van der Waals surface area contributed by atoms with E-state index in [-0.39, 0.29) is 17.4 Å². The van der Waals surface area contributed by atoms with Crippen LogP contribution in [0, 0.1) is 11.8 Å². The number of benzene rings is 1. The number of nitrogens with zero attached hydrogens (tertiary/aromatic N) is 1. The number of hydrogen-bond donors (Lipinski definition) is 3. The van der Waals surface area contributed by atoms with Gasteiger partial charge in [0, 0.05) is 18.5 Å². The molecule has 5 rings (SSSR count). The third-order valence-corrected chi connectivity index (χ3v) is 10.5. The fourth-order valence-corrected chi connectivity index (χ4v) is 8.47. The lowest BCUT2D eigenvalue weighted by atomic mass is 9.72. The van der Waals surface area contributed by atoms with Crippen LogP contribution in [0.15, 0.2) is 30.3 Å². The maximum absolute atomic E-state index is 14.4. The molecule has 3 aliphatic heterocycles. The zero-order chi connectivity index (χ0) is 23.7. The van der Waals surface area contributed by atoms with Gasteiger partial charge in [-0.15, -0.1) is 16.6 Å². The van der Waals surface area contributed by atoms with Crippen LogP contribution in [0.1, 0.15) is 48.2 Å². The lowest BCUT2D eigenvalue weighted by Crippen LogP contribution is -2.91. The van der Waals surface area contributed by atoms with Gasteiger partial charge in [-0.05, 0) is 41.6 Å². The molecule has 5 atom stereocenters. The van der Waals surface area contributed by atoms with Crippen molar-refractivity contribution in [3.8, 4) is 0 Å². The van der Waals surface area contributed by atoms with E-state index in [2.05, 4.69) is 70.1 Å². The average molecular weight is 506 g/mol. The second-order valence-electron chi connectivity index (χ2n) is 10.4. The van der Waals surface area contributed by atoms with Crippen molar-refractivity contribution in [3.05, 3.63) is 46.5 Å². The van der Waals surface area contributed by atoms with Crippen molar-refractivity contribution >= 4 is 34.0 Å². The summed E-state index contributed by atoms with van der Waals surface area (Å²) in [6, 6.07) is 11.1. The van der Waals surface area contributed by atoms with Gasteiger partial charge in [-0.2, -0.15) is 0 Å². The summed E-state index contributed by atoms with van der Waals surface area (Å²) in [6.07, 6.45) is 3.06. The highest BCUT2D eigenvalue weighted by Gasteiger charge is 2.60. The molecule has 3 aliphatic rings. The third-order valence-electron chi connectivity index (χ3n) is 8.67. The second-order valence-corrected chi connectivity index (χ2v) is 11.7. The monoisotopic (exact) mass is 505 g/mol. The molecule has 7 N–H and O–H groups in total. The van der Waals surface area contributed by atoms with E-state index in [1.54, 1.807) is 0 Å². The first-order chi connectivity index (χ1) is 16.6. The van der Waals surface area contributed by atoms with Crippen molar-refractivity contribution in [1.82, 2.24) is 4.90 Å². The first kappa shape index (κ1) is 24.2. The number of nitrogens with one attached hydrogen (secondary N) is 1. The fraction of sp³-hybridized carbons (Fsp3) is 0.615. The Bertz CT molecular complexity index is 996. The maximum atomic E-state index is 14.4. The number of carbonyl (C=O) groups is 1. The number of amides is 1. The minimum atomic E-state index is -0.0728. The Kier molecular flexibility index (Phi) is 7.28. The Balaban J connectivity index is 1.44. The molecule has 2 saturated heterocycles. The topological polar surface area (TPSA) is 84.3 Å². The van der Waals surface area contributed by atoms with E-state index in [9.17, 15) is 4.79 Å². The summed E-state index contributed by atoms with van der Waals surface area (Å²) in [5, 5.41) is 8.15. The molecular weight excluding hydrogens is 466 g/mol. The number of alkyl halides is 1. The number of likely N-dealkylation sites (tertiary alicyclic amines) is 1. The van der Waals surface area contributed by atoms with Crippen LogP contribution in [-0.2, 0) is 16.8 Å². The number of fused-ring (bicyclic) bond motifs is 2. The highest BCUT2D eigenvalue weighted by Crippen LogP contribution is 2.42. The van der Waals surface area contributed by atoms with Gasteiger partial charge < -0.3 is 15.5 Å². The lowest BCUT2D eigenvalue weighted by molar-refractivity contribution is -0.705. The molecule has 2 aromatic rings. The molecule has 1 amide bonds. The standard InChI is InChI=1S/C26H36ClN5OS/c1-3-17(12-27)22-11-19(18-7-5-4-6-8-18)9-10-32(22)24(33)20-13-29-15-26(20)16-30-14-21-23(26)34-25(28-2)31-21/h4-8,17,19-20,22,29-30H,3,9-16H2,1-2H3,(H,28,31)/p+4/t17-,19-,20+,22?,26+/m1/s1. The summed E-state index contributed by atoms with van der Waals surface area (Å²) < 4.78 is 0. The van der Waals surface area contributed by atoms with Crippen molar-refractivity contribution < 1.29 is 25.7 Å². The van der Waals surface area contributed by atoms with Gasteiger partial charge >= 0.3 is 5.13 Å². The zero-order valence-corrected chi connectivity index (χ0v) is 22.0. The Morgan fingerprint density at radius 1 is 1.32 bits per heavy atom. The number of piperidine rings is 1. The normalized spacial score (nSPS) is 29.9. The van der Waals surface area contributed by atoms with Gasteiger partial charge in [-0.3, -0.25) is 10.1 Å². The van der Waals surface area contributed by atoms with Crippen LogP contribution < -0.4 is 20.9 Å². The van der Waals surface area contributed by atoms with Crippen LogP contribution in [0.3, 0.4) is 0 Å². The molecule has 2 fully saturated rings. The van der Waals surface area contributed by atoms with E-state index in [4.69, 9.17) is 11.6 Å². The maximum Gasteiger partial charge on any atom is 0.425 e. The van der Waals surface area contributed by atoms with E-state index in [0.29, 0.717) is 23.6 Å². The van der Waals surface area contributed by atoms with E-state index in [1.165, 1.54) is 21.3 Å². The van der Waals surface area contributed by atoms with Crippen LogP contribution in [0.5, 0.6) is 0 Å². The van der Waals surface area contributed by atoms with Gasteiger partial charge in [-0.1, -0.05) is 43.7 Å². The second kappa shape index (κ2) is 10.2. The summed E-state index contributed by atoms with van der Waals surface area (Å²) in [7, 11) is 2.09. The Hall–Kier alpha value is -1.51. The van der Waals surface area contributed by atoms with E-state index in [1.807, 2.05) is 11.3 Å². The van der Waals surface area contributed by atoms with Gasteiger partial charge in [0.2, 0.25) is 5.91 Å². The van der Waals surface area contributed by atoms with Crippen LogP contribution in [0.4, 0.5) is 5.13 Å². The fourth-order valence-electron chi connectivity index (χ4n) is 6.77. The predicted octanol–water partition coefficient (Wildman–Crippen LogP) is -0.0653. The minimum absolute atomic E-state index is 0.0307. The van der Waals surface area contributed by atoms with Crippen molar-refractivity contribution in [2.24, 2.45) is 11.8 Å². The van der Waals surface area contributed by atoms with Crippen LogP contribution in [-0.4, -0.2) is 56.0 Å². The van der Waals surface area contributed by atoms with Crippen LogP contribution >= 0.6 is 22.9 Å². The molecule has 0 saturated carbocycles. The largest absolute Gasteiger partial charge is 0.425 e. The smallest absolute Gasteiger partial charge is 0.345 e. The summed E-state index contributed by atoms with van der Waals surface area (Å²) in [4.78, 5) is 21.7. The van der Waals surface area contributed by atoms with Gasteiger partial charge in [0.15, 0.2) is 6.54 Å². The number of aromatic amines is 1. The summed E-state index contributed by atoms with van der Waals surface area (Å²) >= 11 is 8.37. The van der Waals surface area contributed by atoms with E-state index in [0.717, 1.165) is 52.0 Å². The van der Waals surface area contributed by atoms with Gasteiger partial charge in [0.1, 0.15) is 16.2 Å². The number of H-pyrrole nitrogens is 1. The molecular formula is C26H40ClN5OS+4. The molecule has 184 valence electrons. The minimum Gasteiger partial charge on any atom is -0.345 e. The molecule has 1 spiro atoms. The van der Waals surface area contributed by atoms with Crippen LogP contribution in [0.25, 0.3) is 0 Å². The average Bonchev–Trinajstić information content (AvgIpc) is 3.50. The summed E-state index contributed by atoms with van der Waals surface area (Å²) in [5.41, 5.74) is 2.65. The summed E-state index contributed by atoms with van der Waals surface area (Å²) in [5.74, 6) is 1.85. The van der Waals surface area contributed by atoms with Gasteiger partial charge in [0.25, 0.3) is 5.69 Å². The number of thiazole rings is 1. The number of aromatic nitrogens is 1. The highest BCUT2D eigenvalue weighted by molar-refractivity contribution is 7.14. The van der Waals surface area contributed by atoms with E-state index >= 15 is 0 Å².